The molecule has 0 aliphatic rings. The summed E-state index contributed by atoms with van der Waals surface area (Å²) in [5, 5.41) is 0. The summed E-state index contributed by atoms with van der Waals surface area (Å²) in [7, 11) is 0. The third kappa shape index (κ3) is 3.77. The van der Waals surface area contributed by atoms with Gasteiger partial charge in [-0.25, -0.2) is 0 Å². The van der Waals surface area contributed by atoms with E-state index < -0.39 is 12.6 Å². The topological polar surface area (TPSA) is 30.2 Å². The highest BCUT2D eigenvalue weighted by molar-refractivity contribution is 5.94. The van der Waals surface area contributed by atoms with Gasteiger partial charge in [0.05, 0.1) is 6.26 Å². The quantitative estimate of drug-likeness (QED) is 0.727. The van der Waals surface area contributed by atoms with Gasteiger partial charge in [-0.15, -0.1) is 0 Å². The molecule has 0 saturated carbocycles. The minimum Gasteiger partial charge on any atom is -0.461 e. The molecule has 0 saturated heterocycles. The SMILES string of the molecule is Cc1ccoc1C(=O)CCCC(F)(F)F. The standard InChI is InChI=1S/C10H11F3O2/c1-7-4-6-15-9(7)8(14)3-2-5-10(11,12)13/h4,6H,2-3,5H2,1H3. The fraction of sp³-hybridized carbons (Fsp3) is 0.500. The summed E-state index contributed by atoms with van der Waals surface area (Å²) >= 11 is 0. The predicted molar refractivity (Wildman–Crippen MR) is 47.7 cm³/mol. The van der Waals surface area contributed by atoms with Crippen molar-refractivity contribution in [3.05, 3.63) is 23.7 Å². The van der Waals surface area contributed by atoms with Crippen LogP contribution >= 0.6 is 0 Å². The van der Waals surface area contributed by atoms with Crippen LogP contribution in [0.5, 0.6) is 0 Å². The third-order valence-corrected chi connectivity index (χ3v) is 1.98. The summed E-state index contributed by atoms with van der Waals surface area (Å²) in [5.41, 5.74) is 0.659. The van der Waals surface area contributed by atoms with Crippen LogP contribution in [0.2, 0.25) is 0 Å². The number of carbonyl (C=O) groups is 1. The first-order valence-electron chi connectivity index (χ1n) is 4.54. The van der Waals surface area contributed by atoms with Crippen LogP contribution in [0.3, 0.4) is 0 Å². The Hall–Kier alpha value is -1.26. The Morgan fingerprint density at radius 3 is 2.60 bits per heavy atom. The fourth-order valence-electron chi connectivity index (χ4n) is 1.22. The van der Waals surface area contributed by atoms with Crippen molar-refractivity contribution in [1.29, 1.82) is 0 Å². The van der Waals surface area contributed by atoms with Gasteiger partial charge in [0.25, 0.3) is 0 Å². The molecular weight excluding hydrogens is 209 g/mol. The first-order valence-corrected chi connectivity index (χ1v) is 4.54. The molecule has 0 radical (unpaired) electrons. The van der Waals surface area contributed by atoms with Gasteiger partial charge in [-0.3, -0.25) is 4.79 Å². The van der Waals surface area contributed by atoms with Gasteiger partial charge >= 0.3 is 6.18 Å². The van der Waals surface area contributed by atoms with E-state index in [1.54, 1.807) is 13.0 Å². The molecule has 0 amide bonds. The van der Waals surface area contributed by atoms with E-state index in [1.165, 1.54) is 6.26 Å². The second-order valence-corrected chi connectivity index (χ2v) is 3.32. The Labute approximate surface area is 85.1 Å². The Morgan fingerprint density at radius 1 is 1.47 bits per heavy atom. The fourth-order valence-corrected chi connectivity index (χ4v) is 1.22. The minimum atomic E-state index is -4.20. The molecule has 1 rings (SSSR count). The van der Waals surface area contributed by atoms with Crippen LogP contribution in [0.4, 0.5) is 13.2 Å². The van der Waals surface area contributed by atoms with Crippen molar-refractivity contribution in [2.45, 2.75) is 32.4 Å². The van der Waals surface area contributed by atoms with E-state index in [-0.39, 0.29) is 24.4 Å². The van der Waals surface area contributed by atoms with E-state index in [0.29, 0.717) is 5.56 Å². The molecule has 15 heavy (non-hydrogen) atoms. The van der Waals surface area contributed by atoms with Crippen molar-refractivity contribution >= 4 is 5.78 Å². The third-order valence-electron chi connectivity index (χ3n) is 1.98. The molecular formula is C10H11F3O2. The van der Waals surface area contributed by atoms with Crippen LogP contribution in [0.15, 0.2) is 16.7 Å². The number of Topliss-reactive ketones (excluding diaryl/α,β-unsaturated/α-hetero) is 1. The van der Waals surface area contributed by atoms with Gasteiger partial charge in [0.2, 0.25) is 0 Å². The van der Waals surface area contributed by atoms with E-state index in [1.807, 2.05) is 0 Å². The molecule has 1 aromatic heterocycles. The Bertz CT molecular complexity index is 339. The zero-order valence-corrected chi connectivity index (χ0v) is 8.23. The number of hydrogen-bond acceptors (Lipinski definition) is 2. The van der Waals surface area contributed by atoms with E-state index in [0.717, 1.165) is 0 Å². The Kier molecular flexibility index (Phi) is 3.55. The Balaban J connectivity index is 2.41. The molecule has 1 aromatic rings. The van der Waals surface area contributed by atoms with Gasteiger partial charge in [-0.2, -0.15) is 13.2 Å². The molecule has 1 heterocycles. The van der Waals surface area contributed by atoms with Crippen molar-refractivity contribution in [2.24, 2.45) is 0 Å². The van der Waals surface area contributed by atoms with Gasteiger partial charge in [-0.1, -0.05) is 0 Å². The maximum atomic E-state index is 11.8. The number of alkyl halides is 3. The number of ketones is 1. The van der Waals surface area contributed by atoms with Crippen LogP contribution in [0.1, 0.15) is 35.4 Å². The number of rotatable bonds is 4. The van der Waals surface area contributed by atoms with E-state index >= 15 is 0 Å². The molecule has 0 aliphatic carbocycles. The lowest BCUT2D eigenvalue weighted by Crippen LogP contribution is -2.08. The number of hydrogen-bond donors (Lipinski definition) is 0. The zero-order chi connectivity index (χ0) is 11.5. The van der Waals surface area contributed by atoms with Gasteiger partial charge in [0.1, 0.15) is 0 Å². The van der Waals surface area contributed by atoms with Crippen LogP contribution in [-0.2, 0) is 0 Å². The average Bonchev–Trinajstić information content (AvgIpc) is 2.48. The van der Waals surface area contributed by atoms with Crippen LogP contribution < -0.4 is 0 Å². The number of aryl methyl sites for hydroxylation is 1. The average molecular weight is 220 g/mol. The summed E-state index contributed by atoms with van der Waals surface area (Å²) < 4.78 is 40.3. The van der Waals surface area contributed by atoms with Crippen molar-refractivity contribution in [1.82, 2.24) is 0 Å². The second-order valence-electron chi connectivity index (χ2n) is 3.32. The van der Waals surface area contributed by atoms with Crippen molar-refractivity contribution in [2.75, 3.05) is 0 Å². The summed E-state index contributed by atoms with van der Waals surface area (Å²) in [6.07, 6.45) is -4.10. The lowest BCUT2D eigenvalue weighted by atomic mass is 10.1. The first kappa shape index (κ1) is 11.8. The molecule has 0 aliphatic heterocycles. The molecule has 5 heteroatoms. The normalized spacial score (nSPS) is 11.7. The number of carbonyl (C=O) groups excluding carboxylic acids is 1. The lowest BCUT2D eigenvalue weighted by molar-refractivity contribution is -0.135. The molecule has 0 bridgehead atoms. The van der Waals surface area contributed by atoms with Crippen molar-refractivity contribution in [3.63, 3.8) is 0 Å². The number of halogens is 3. The highest BCUT2D eigenvalue weighted by Gasteiger charge is 2.27. The van der Waals surface area contributed by atoms with Crippen LogP contribution in [0.25, 0.3) is 0 Å². The van der Waals surface area contributed by atoms with Gasteiger partial charge in [0.15, 0.2) is 11.5 Å². The zero-order valence-electron chi connectivity index (χ0n) is 8.23. The predicted octanol–water partition coefficient (Wildman–Crippen LogP) is 3.50. The highest BCUT2D eigenvalue weighted by atomic mass is 19.4. The summed E-state index contributed by atoms with van der Waals surface area (Å²) in [6.45, 7) is 1.68. The smallest absolute Gasteiger partial charge is 0.389 e. The monoisotopic (exact) mass is 220 g/mol. The lowest BCUT2D eigenvalue weighted by Gasteiger charge is -2.04. The maximum absolute atomic E-state index is 11.8. The number of furan rings is 1. The highest BCUT2D eigenvalue weighted by Crippen LogP contribution is 2.23. The minimum absolute atomic E-state index is 0.131. The van der Waals surface area contributed by atoms with Crippen LogP contribution in [0, 0.1) is 6.92 Å². The van der Waals surface area contributed by atoms with Crippen LogP contribution in [-0.4, -0.2) is 12.0 Å². The van der Waals surface area contributed by atoms with E-state index in [9.17, 15) is 18.0 Å². The maximum Gasteiger partial charge on any atom is 0.389 e. The molecule has 0 spiro atoms. The summed E-state index contributed by atoms with van der Waals surface area (Å²) in [4.78, 5) is 11.4. The van der Waals surface area contributed by atoms with Gasteiger partial charge in [-0.05, 0) is 25.0 Å². The van der Waals surface area contributed by atoms with Gasteiger partial charge in [0, 0.05) is 12.8 Å². The largest absolute Gasteiger partial charge is 0.461 e. The molecule has 0 fully saturated rings. The van der Waals surface area contributed by atoms with Crippen molar-refractivity contribution < 1.29 is 22.4 Å². The van der Waals surface area contributed by atoms with Gasteiger partial charge < -0.3 is 4.42 Å². The van der Waals surface area contributed by atoms with E-state index in [4.69, 9.17) is 4.42 Å². The second kappa shape index (κ2) is 4.51. The molecule has 84 valence electrons. The molecule has 0 aromatic carbocycles. The molecule has 0 atom stereocenters. The van der Waals surface area contributed by atoms with E-state index in [2.05, 4.69) is 0 Å². The van der Waals surface area contributed by atoms with Crippen molar-refractivity contribution in [3.8, 4) is 0 Å². The summed E-state index contributed by atoms with van der Waals surface area (Å²) in [6, 6.07) is 1.61. The molecule has 0 N–H and O–H groups in total. The molecule has 0 unspecified atom stereocenters. The summed E-state index contributed by atoms with van der Waals surface area (Å²) in [5.74, 6) is -0.209. The molecule has 2 nitrogen and oxygen atoms in total. The Morgan fingerprint density at radius 2 is 2.13 bits per heavy atom. The first-order chi connectivity index (χ1) is 6.90.